The molecule has 0 radical (unpaired) electrons. The van der Waals surface area contributed by atoms with Crippen LogP contribution in [0.25, 0.3) is 0 Å². The number of hydrogen-bond acceptors (Lipinski definition) is 3. The summed E-state index contributed by atoms with van der Waals surface area (Å²) in [5.41, 5.74) is 0.286. The first-order valence-electron chi connectivity index (χ1n) is 8.62. The fourth-order valence-electron chi connectivity index (χ4n) is 2.49. The topological polar surface area (TPSA) is 67.4 Å². The quantitative estimate of drug-likeness (QED) is 0.739. The van der Waals surface area contributed by atoms with Crippen molar-refractivity contribution in [1.82, 2.24) is 5.32 Å². The van der Waals surface area contributed by atoms with Gasteiger partial charge in [-0.05, 0) is 43.2 Å². The average molecular weight is 393 g/mol. The van der Waals surface area contributed by atoms with E-state index in [1.165, 1.54) is 18.2 Å². The van der Waals surface area contributed by atoms with E-state index in [0.29, 0.717) is 22.9 Å². The van der Waals surface area contributed by atoms with Crippen LogP contribution in [-0.2, 0) is 4.79 Å². The van der Waals surface area contributed by atoms with E-state index in [-0.39, 0.29) is 11.6 Å². The molecule has 2 rings (SSSR count). The van der Waals surface area contributed by atoms with Crippen molar-refractivity contribution in [2.75, 3.05) is 11.9 Å². The Morgan fingerprint density at radius 2 is 1.89 bits per heavy atom. The highest BCUT2D eigenvalue weighted by atomic mass is 35.5. The lowest BCUT2D eigenvalue weighted by atomic mass is 10.0. The molecular weight excluding hydrogens is 371 g/mol. The van der Waals surface area contributed by atoms with Gasteiger partial charge in [0, 0.05) is 5.02 Å². The predicted molar refractivity (Wildman–Crippen MR) is 104 cm³/mol. The Hall–Kier alpha value is -2.60. The molecule has 1 atom stereocenters. The smallest absolute Gasteiger partial charge is 0.255 e. The Kier molecular flexibility index (Phi) is 7.19. The highest BCUT2D eigenvalue weighted by Gasteiger charge is 2.26. The van der Waals surface area contributed by atoms with Gasteiger partial charge in [0.2, 0.25) is 5.91 Å². The molecule has 2 aromatic rings. The Balaban J connectivity index is 2.19. The van der Waals surface area contributed by atoms with E-state index in [0.717, 1.165) is 0 Å². The van der Waals surface area contributed by atoms with Gasteiger partial charge in [0.15, 0.2) is 0 Å². The molecule has 0 aliphatic rings. The van der Waals surface area contributed by atoms with Crippen LogP contribution in [0.1, 0.15) is 31.1 Å². The Bertz CT molecular complexity index is 827. The van der Waals surface area contributed by atoms with Gasteiger partial charge in [-0.3, -0.25) is 9.59 Å². The number of carbonyl (C=O) groups is 2. The van der Waals surface area contributed by atoms with Crippen molar-refractivity contribution < 1.29 is 18.7 Å². The fourth-order valence-corrected chi connectivity index (χ4v) is 2.67. The van der Waals surface area contributed by atoms with Crippen LogP contribution in [0.2, 0.25) is 5.02 Å². The number of benzene rings is 2. The van der Waals surface area contributed by atoms with Crippen molar-refractivity contribution >= 4 is 29.1 Å². The van der Waals surface area contributed by atoms with Gasteiger partial charge in [0.05, 0.1) is 17.9 Å². The predicted octanol–water partition coefficient (Wildman–Crippen LogP) is 4.27. The Morgan fingerprint density at radius 3 is 2.56 bits per heavy atom. The number of anilines is 1. The van der Waals surface area contributed by atoms with Gasteiger partial charge in [-0.2, -0.15) is 0 Å². The molecule has 2 aromatic carbocycles. The second kappa shape index (κ2) is 9.37. The molecule has 0 aromatic heterocycles. The summed E-state index contributed by atoms with van der Waals surface area (Å²) in [7, 11) is 0. The third-order valence-corrected chi connectivity index (χ3v) is 4.09. The second-order valence-corrected chi connectivity index (χ2v) is 6.67. The van der Waals surface area contributed by atoms with Crippen LogP contribution < -0.4 is 15.4 Å². The second-order valence-electron chi connectivity index (χ2n) is 6.24. The van der Waals surface area contributed by atoms with Gasteiger partial charge < -0.3 is 15.4 Å². The van der Waals surface area contributed by atoms with Crippen molar-refractivity contribution in [2.24, 2.45) is 5.92 Å². The number of halogens is 2. The van der Waals surface area contributed by atoms with Gasteiger partial charge in [0.25, 0.3) is 5.91 Å². The summed E-state index contributed by atoms with van der Waals surface area (Å²) in [4.78, 5) is 25.3. The monoisotopic (exact) mass is 392 g/mol. The Labute approximate surface area is 162 Å². The minimum atomic E-state index is -0.870. The lowest BCUT2D eigenvalue weighted by Gasteiger charge is -2.22. The first kappa shape index (κ1) is 20.7. The van der Waals surface area contributed by atoms with Crippen molar-refractivity contribution in [3.63, 3.8) is 0 Å². The van der Waals surface area contributed by atoms with E-state index in [2.05, 4.69) is 10.6 Å². The number of hydrogen-bond donors (Lipinski definition) is 2. The maximum atomic E-state index is 13.9. The number of ether oxygens (including phenoxy) is 1. The van der Waals surface area contributed by atoms with Gasteiger partial charge in [-0.1, -0.05) is 37.6 Å². The molecule has 27 heavy (non-hydrogen) atoms. The van der Waals surface area contributed by atoms with Crippen LogP contribution >= 0.6 is 11.6 Å². The zero-order valence-electron chi connectivity index (χ0n) is 15.4. The van der Waals surface area contributed by atoms with Crippen LogP contribution in [-0.4, -0.2) is 24.5 Å². The van der Waals surface area contributed by atoms with E-state index >= 15 is 0 Å². The first-order chi connectivity index (χ1) is 12.8. The average Bonchev–Trinajstić information content (AvgIpc) is 2.63. The third-order valence-electron chi connectivity index (χ3n) is 3.85. The van der Waals surface area contributed by atoms with Crippen LogP contribution in [0.4, 0.5) is 10.1 Å². The maximum absolute atomic E-state index is 13.9. The first-order valence-corrected chi connectivity index (χ1v) is 8.99. The summed E-state index contributed by atoms with van der Waals surface area (Å²) in [5.74, 6) is -1.38. The number of amides is 2. The van der Waals surface area contributed by atoms with Crippen LogP contribution in [0.3, 0.4) is 0 Å². The molecule has 0 spiro atoms. The Morgan fingerprint density at radius 1 is 1.19 bits per heavy atom. The summed E-state index contributed by atoms with van der Waals surface area (Å²) in [6.07, 6.45) is 0. The summed E-state index contributed by atoms with van der Waals surface area (Å²) in [6.45, 7) is 5.80. The molecule has 0 heterocycles. The number of para-hydroxylation sites is 1. The number of nitrogens with one attached hydrogen (secondary N) is 2. The fraction of sp³-hybridized carbons (Fsp3) is 0.300. The molecule has 0 bridgehead atoms. The van der Waals surface area contributed by atoms with Gasteiger partial charge in [0.1, 0.15) is 17.6 Å². The van der Waals surface area contributed by atoms with Crippen LogP contribution in [0.15, 0.2) is 42.5 Å². The molecule has 0 aliphatic carbocycles. The normalized spacial score (nSPS) is 11.8. The molecule has 0 unspecified atom stereocenters. The summed E-state index contributed by atoms with van der Waals surface area (Å²) in [5, 5.41) is 5.48. The maximum Gasteiger partial charge on any atom is 0.255 e. The third kappa shape index (κ3) is 5.44. The summed E-state index contributed by atoms with van der Waals surface area (Å²) >= 11 is 5.85. The zero-order chi connectivity index (χ0) is 20.0. The lowest BCUT2D eigenvalue weighted by molar-refractivity contribution is -0.118. The van der Waals surface area contributed by atoms with Crippen molar-refractivity contribution in [2.45, 2.75) is 26.8 Å². The van der Waals surface area contributed by atoms with E-state index in [4.69, 9.17) is 16.3 Å². The standard InChI is InChI=1S/C20H22ClFN2O3/c1-4-27-17-8-6-5-7-14(17)19(25)24-18(12(2)3)20(26)23-16-11-13(21)9-10-15(16)22/h5-12,18H,4H2,1-3H3,(H,23,26)(H,24,25)/t18-/m0/s1. The largest absolute Gasteiger partial charge is 0.493 e. The van der Waals surface area contributed by atoms with Crippen LogP contribution in [0.5, 0.6) is 5.75 Å². The van der Waals surface area contributed by atoms with Crippen molar-refractivity contribution in [3.05, 3.63) is 58.9 Å². The summed E-state index contributed by atoms with van der Waals surface area (Å²) < 4.78 is 19.3. The van der Waals surface area contributed by atoms with Crippen molar-refractivity contribution in [1.29, 1.82) is 0 Å². The van der Waals surface area contributed by atoms with E-state index in [1.807, 2.05) is 6.92 Å². The molecule has 5 nitrogen and oxygen atoms in total. The molecule has 0 aliphatic heterocycles. The van der Waals surface area contributed by atoms with Gasteiger partial charge in [-0.15, -0.1) is 0 Å². The highest BCUT2D eigenvalue weighted by molar-refractivity contribution is 6.30. The SMILES string of the molecule is CCOc1ccccc1C(=O)N[C@H](C(=O)Nc1cc(Cl)ccc1F)C(C)C. The lowest BCUT2D eigenvalue weighted by Crippen LogP contribution is -2.47. The molecule has 144 valence electrons. The van der Waals surface area contributed by atoms with E-state index in [9.17, 15) is 14.0 Å². The summed E-state index contributed by atoms with van der Waals surface area (Å²) in [6, 6.07) is 9.78. The molecule has 2 N–H and O–H groups in total. The zero-order valence-corrected chi connectivity index (χ0v) is 16.1. The number of rotatable bonds is 7. The minimum Gasteiger partial charge on any atom is -0.493 e. The molecule has 0 saturated carbocycles. The molecule has 0 fully saturated rings. The molecular formula is C20H22ClFN2O3. The molecule has 2 amide bonds. The number of carbonyl (C=O) groups excluding carboxylic acids is 2. The highest BCUT2D eigenvalue weighted by Crippen LogP contribution is 2.21. The van der Waals surface area contributed by atoms with Crippen molar-refractivity contribution in [3.8, 4) is 5.75 Å². The van der Waals surface area contributed by atoms with Gasteiger partial charge in [-0.25, -0.2) is 4.39 Å². The van der Waals surface area contributed by atoms with Gasteiger partial charge >= 0.3 is 0 Å². The van der Waals surface area contributed by atoms with E-state index in [1.54, 1.807) is 38.1 Å². The van der Waals surface area contributed by atoms with Crippen LogP contribution in [0, 0.1) is 11.7 Å². The molecule has 0 saturated heterocycles. The minimum absolute atomic E-state index is 0.0397. The van der Waals surface area contributed by atoms with E-state index < -0.39 is 23.7 Å². The molecule has 7 heteroatoms.